The summed E-state index contributed by atoms with van der Waals surface area (Å²) in [5, 5.41) is 3.07. The van der Waals surface area contributed by atoms with E-state index in [9.17, 15) is 21.6 Å². The molecular formula is C14H28F3IN4O2S. The fraction of sp³-hybridized carbons (Fsp3) is 0.929. The zero-order chi connectivity index (χ0) is 18.4. The summed E-state index contributed by atoms with van der Waals surface area (Å²) in [6.45, 7) is 6.84. The number of halogens is 4. The molecule has 0 saturated carbocycles. The molecule has 1 atom stereocenters. The lowest BCUT2D eigenvalue weighted by atomic mass is 10.2. The highest BCUT2D eigenvalue weighted by molar-refractivity contribution is 14.0. The second-order valence-corrected chi connectivity index (χ2v) is 8.19. The summed E-state index contributed by atoms with van der Waals surface area (Å²) >= 11 is 0. The average molecular weight is 500 g/mol. The van der Waals surface area contributed by atoms with Gasteiger partial charge in [0.05, 0.1) is 12.3 Å². The molecule has 0 bridgehead atoms. The molecule has 6 nitrogen and oxygen atoms in total. The predicted molar refractivity (Wildman–Crippen MR) is 104 cm³/mol. The Hall–Kier alpha value is -0.300. The van der Waals surface area contributed by atoms with E-state index < -0.39 is 22.1 Å². The van der Waals surface area contributed by atoms with Crippen molar-refractivity contribution in [3.63, 3.8) is 0 Å². The number of nitrogens with one attached hydrogen (secondary N) is 1. The van der Waals surface area contributed by atoms with E-state index in [2.05, 4.69) is 10.3 Å². The minimum absolute atomic E-state index is 0. The quantitative estimate of drug-likeness (QED) is 0.341. The van der Waals surface area contributed by atoms with E-state index in [1.807, 2.05) is 11.8 Å². The molecule has 1 aliphatic rings. The average Bonchev–Trinajstić information content (AvgIpc) is 2.52. The van der Waals surface area contributed by atoms with Gasteiger partial charge in [0.1, 0.15) is 6.04 Å². The maximum atomic E-state index is 12.8. The van der Waals surface area contributed by atoms with E-state index in [-0.39, 0.29) is 42.0 Å². The van der Waals surface area contributed by atoms with Crippen LogP contribution in [-0.4, -0.2) is 87.2 Å². The van der Waals surface area contributed by atoms with Crippen LogP contribution in [0.1, 0.15) is 20.8 Å². The molecule has 1 fully saturated rings. The van der Waals surface area contributed by atoms with Gasteiger partial charge in [0.25, 0.3) is 0 Å². The van der Waals surface area contributed by atoms with Crippen LogP contribution < -0.4 is 5.32 Å². The molecule has 0 radical (unpaired) electrons. The third-order valence-corrected chi connectivity index (χ3v) is 5.76. The summed E-state index contributed by atoms with van der Waals surface area (Å²) < 4.78 is 61.3. The van der Waals surface area contributed by atoms with Crippen LogP contribution in [0.25, 0.3) is 0 Å². The van der Waals surface area contributed by atoms with Crippen LogP contribution in [-0.2, 0) is 9.84 Å². The maximum absolute atomic E-state index is 12.8. The number of hydrogen-bond acceptors (Lipinski definition) is 4. The molecule has 150 valence electrons. The Bertz CT molecular complexity index is 521. The minimum atomic E-state index is -4.23. The van der Waals surface area contributed by atoms with Crippen LogP contribution in [0.3, 0.4) is 0 Å². The molecule has 0 aromatic heterocycles. The van der Waals surface area contributed by atoms with Crippen LogP contribution in [0.4, 0.5) is 13.2 Å². The normalized spacial score (nSPS) is 18.6. The molecular weight excluding hydrogens is 472 g/mol. The van der Waals surface area contributed by atoms with Gasteiger partial charge in [0.15, 0.2) is 15.8 Å². The Balaban J connectivity index is 0.00000576. The molecule has 1 rings (SSSR count). The molecule has 0 aromatic rings. The van der Waals surface area contributed by atoms with Gasteiger partial charge in [-0.2, -0.15) is 13.2 Å². The first-order valence-corrected chi connectivity index (χ1v) is 9.97. The molecule has 1 unspecified atom stereocenters. The van der Waals surface area contributed by atoms with E-state index in [0.717, 1.165) is 0 Å². The first kappa shape index (κ1) is 24.7. The van der Waals surface area contributed by atoms with E-state index in [4.69, 9.17) is 0 Å². The van der Waals surface area contributed by atoms with Gasteiger partial charge in [0, 0.05) is 38.5 Å². The van der Waals surface area contributed by atoms with Crippen molar-refractivity contribution in [2.24, 2.45) is 4.99 Å². The van der Waals surface area contributed by atoms with Crippen molar-refractivity contribution in [1.29, 1.82) is 0 Å². The Labute approximate surface area is 165 Å². The van der Waals surface area contributed by atoms with Gasteiger partial charge in [0.2, 0.25) is 0 Å². The van der Waals surface area contributed by atoms with E-state index >= 15 is 0 Å². The largest absolute Gasteiger partial charge is 0.403 e. The molecule has 1 saturated heterocycles. The van der Waals surface area contributed by atoms with Gasteiger partial charge in [-0.3, -0.25) is 9.89 Å². The summed E-state index contributed by atoms with van der Waals surface area (Å²) in [6, 6.07) is -1.46. The number of nitrogens with zero attached hydrogens (tertiary/aromatic N) is 3. The minimum Gasteiger partial charge on any atom is -0.357 e. The summed E-state index contributed by atoms with van der Waals surface area (Å²) in [4.78, 5) is 7.58. The number of guanidine groups is 1. The first-order chi connectivity index (χ1) is 11.1. The number of hydrogen-bond donors (Lipinski definition) is 1. The van der Waals surface area contributed by atoms with E-state index in [0.29, 0.717) is 38.7 Å². The summed E-state index contributed by atoms with van der Waals surface area (Å²) in [6.07, 6.45) is -4.23. The SMILES string of the molecule is CCNC(=NCCS(=O)(=O)CC)N1CCN(C(C)C(F)(F)F)CC1.I. The second-order valence-electron chi connectivity index (χ2n) is 5.71. The number of aliphatic imine (C=N–C) groups is 1. The Morgan fingerprint density at radius 2 is 1.76 bits per heavy atom. The summed E-state index contributed by atoms with van der Waals surface area (Å²) in [7, 11) is -3.08. The summed E-state index contributed by atoms with van der Waals surface area (Å²) in [5.74, 6) is 0.611. The van der Waals surface area contributed by atoms with Crippen molar-refractivity contribution in [2.45, 2.75) is 33.0 Å². The highest BCUT2D eigenvalue weighted by atomic mass is 127. The Kier molecular flexibility index (Phi) is 10.6. The smallest absolute Gasteiger partial charge is 0.357 e. The number of piperazine rings is 1. The lowest BCUT2D eigenvalue weighted by Gasteiger charge is -2.39. The zero-order valence-corrected chi connectivity index (χ0v) is 18.0. The molecule has 1 heterocycles. The third kappa shape index (κ3) is 8.29. The van der Waals surface area contributed by atoms with E-state index in [1.54, 1.807) is 6.92 Å². The van der Waals surface area contributed by atoms with Gasteiger partial charge < -0.3 is 10.2 Å². The zero-order valence-electron chi connectivity index (χ0n) is 14.8. The van der Waals surface area contributed by atoms with Gasteiger partial charge in [-0.25, -0.2) is 8.42 Å². The molecule has 0 aliphatic carbocycles. The molecule has 11 heteroatoms. The fourth-order valence-corrected chi connectivity index (χ4v) is 3.05. The van der Waals surface area contributed by atoms with Crippen LogP contribution in [0, 0.1) is 0 Å². The van der Waals surface area contributed by atoms with Gasteiger partial charge >= 0.3 is 6.18 Å². The topological polar surface area (TPSA) is 65.0 Å². The van der Waals surface area contributed by atoms with Crippen molar-refractivity contribution in [2.75, 3.05) is 50.8 Å². The molecule has 0 spiro atoms. The Morgan fingerprint density at radius 3 is 2.20 bits per heavy atom. The molecule has 0 aromatic carbocycles. The van der Waals surface area contributed by atoms with Gasteiger partial charge in [-0.05, 0) is 13.8 Å². The number of sulfone groups is 1. The predicted octanol–water partition coefficient (Wildman–Crippen LogP) is 1.57. The maximum Gasteiger partial charge on any atom is 0.403 e. The first-order valence-electron chi connectivity index (χ1n) is 8.15. The van der Waals surface area contributed by atoms with Crippen LogP contribution >= 0.6 is 24.0 Å². The van der Waals surface area contributed by atoms with Crippen LogP contribution in [0.5, 0.6) is 0 Å². The number of rotatable bonds is 6. The van der Waals surface area contributed by atoms with Crippen molar-refractivity contribution in [3.8, 4) is 0 Å². The van der Waals surface area contributed by atoms with Crippen LogP contribution in [0.2, 0.25) is 0 Å². The monoisotopic (exact) mass is 500 g/mol. The fourth-order valence-electron chi connectivity index (χ4n) is 2.39. The molecule has 0 amide bonds. The summed E-state index contributed by atoms with van der Waals surface area (Å²) in [5.41, 5.74) is 0. The second kappa shape index (κ2) is 10.8. The number of alkyl halides is 3. The van der Waals surface area contributed by atoms with E-state index in [1.165, 1.54) is 11.8 Å². The van der Waals surface area contributed by atoms with Crippen molar-refractivity contribution >= 4 is 39.8 Å². The van der Waals surface area contributed by atoms with Crippen molar-refractivity contribution < 1.29 is 21.6 Å². The lowest BCUT2D eigenvalue weighted by Crippen LogP contribution is -2.56. The third-order valence-electron chi connectivity index (χ3n) is 4.07. The molecule has 25 heavy (non-hydrogen) atoms. The molecule has 1 aliphatic heterocycles. The van der Waals surface area contributed by atoms with Crippen molar-refractivity contribution in [1.82, 2.24) is 15.1 Å². The van der Waals surface area contributed by atoms with Crippen LogP contribution in [0.15, 0.2) is 4.99 Å². The Morgan fingerprint density at radius 1 is 1.20 bits per heavy atom. The molecule has 1 N–H and O–H groups in total. The highest BCUT2D eigenvalue weighted by Gasteiger charge is 2.41. The lowest BCUT2D eigenvalue weighted by molar-refractivity contribution is -0.181. The van der Waals surface area contributed by atoms with Gasteiger partial charge in [-0.1, -0.05) is 6.92 Å². The van der Waals surface area contributed by atoms with Crippen molar-refractivity contribution in [3.05, 3.63) is 0 Å². The highest BCUT2D eigenvalue weighted by Crippen LogP contribution is 2.25. The standard InChI is InChI=1S/C14H27F3N4O2S.HI/c1-4-18-13(19-6-11-24(22,23)5-2)21-9-7-20(8-10-21)12(3)14(15,16)17;/h12H,4-11H2,1-3H3,(H,18,19);1H. The van der Waals surface area contributed by atoms with Gasteiger partial charge in [-0.15, -0.1) is 24.0 Å².